The van der Waals surface area contributed by atoms with Crippen LogP contribution in [0, 0.1) is 0 Å². The van der Waals surface area contributed by atoms with Crippen molar-refractivity contribution < 1.29 is 19.1 Å². The Kier molecular flexibility index (Phi) is 7.02. The Hall–Kier alpha value is -0.900. The summed E-state index contributed by atoms with van der Waals surface area (Å²) in [6, 6.07) is 0. The lowest BCUT2D eigenvalue weighted by Crippen LogP contribution is -2.32. The van der Waals surface area contributed by atoms with Gasteiger partial charge in [0.05, 0.1) is 7.11 Å². The highest BCUT2D eigenvalue weighted by molar-refractivity contribution is 6.01. The van der Waals surface area contributed by atoms with Crippen molar-refractivity contribution in [2.45, 2.75) is 38.7 Å². The lowest BCUT2D eigenvalue weighted by Gasteiger charge is -2.10. The van der Waals surface area contributed by atoms with E-state index in [0.29, 0.717) is 6.42 Å². The first-order chi connectivity index (χ1) is 6.67. The Labute approximate surface area is 84.6 Å². The van der Waals surface area contributed by atoms with Crippen LogP contribution in [0.3, 0.4) is 0 Å². The van der Waals surface area contributed by atoms with Crippen LogP contribution >= 0.6 is 0 Å². The third-order valence-electron chi connectivity index (χ3n) is 1.97. The number of methoxy groups -OCH3 is 2. The van der Waals surface area contributed by atoms with Crippen LogP contribution < -0.4 is 0 Å². The molecule has 0 saturated heterocycles. The number of Topliss-reactive ketones (excluding diaryl/α,β-unsaturated/α-hetero) is 1. The molecule has 0 aliphatic rings. The molecular formula is C10H18O4. The Morgan fingerprint density at radius 2 is 1.86 bits per heavy atom. The van der Waals surface area contributed by atoms with Crippen LogP contribution in [0.5, 0.6) is 0 Å². The molecule has 0 rings (SSSR count). The summed E-state index contributed by atoms with van der Waals surface area (Å²) in [5, 5.41) is 0. The van der Waals surface area contributed by atoms with E-state index in [1.54, 1.807) is 0 Å². The molecule has 0 spiro atoms. The average Bonchev–Trinajstić information content (AvgIpc) is 2.19. The van der Waals surface area contributed by atoms with Gasteiger partial charge in [-0.1, -0.05) is 19.8 Å². The molecule has 1 unspecified atom stereocenters. The molecule has 0 aromatic rings. The third-order valence-corrected chi connectivity index (χ3v) is 1.97. The second-order valence-electron chi connectivity index (χ2n) is 3.06. The summed E-state index contributed by atoms with van der Waals surface area (Å²) in [4.78, 5) is 22.5. The molecule has 0 aromatic heterocycles. The second kappa shape index (κ2) is 7.50. The summed E-state index contributed by atoms with van der Waals surface area (Å²) in [5.74, 6) is -0.818. The van der Waals surface area contributed by atoms with Gasteiger partial charge in [0, 0.05) is 13.5 Å². The summed E-state index contributed by atoms with van der Waals surface area (Å²) in [7, 11) is 2.58. The van der Waals surface area contributed by atoms with E-state index < -0.39 is 12.1 Å². The van der Waals surface area contributed by atoms with Crippen LogP contribution in [0.4, 0.5) is 0 Å². The van der Waals surface area contributed by atoms with Gasteiger partial charge in [-0.3, -0.25) is 4.79 Å². The number of rotatable bonds is 7. The normalized spacial score (nSPS) is 12.2. The fraction of sp³-hybridized carbons (Fsp3) is 0.800. The zero-order valence-corrected chi connectivity index (χ0v) is 9.04. The number of ether oxygens (including phenoxy) is 2. The van der Waals surface area contributed by atoms with E-state index in [9.17, 15) is 9.59 Å². The molecule has 4 heteroatoms. The molecule has 14 heavy (non-hydrogen) atoms. The minimum Gasteiger partial charge on any atom is -0.467 e. The topological polar surface area (TPSA) is 52.6 Å². The predicted octanol–water partition coefficient (Wildman–Crippen LogP) is 1.32. The van der Waals surface area contributed by atoms with Crippen molar-refractivity contribution in [1.82, 2.24) is 0 Å². The first kappa shape index (κ1) is 13.1. The van der Waals surface area contributed by atoms with Crippen molar-refractivity contribution in [3.63, 3.8) is 0 Å². The van der Waals surface area contributed by atoms with Crippen LogP contribution in [-0.4, -0.2) is 32.1 Å². The van der Waals surface area contributed by atoms with E-state index >= 15 is 0 Å². The number of hydrogen-bond donors (Lipinski definition) is 0. The fourth-order valence-corrected chi connectivity index (χ4v) is 1.15. The highest BCUT2D eigenvalue weighted by atomic mass is 16.6. The van der Waals surface area contributed by atoms with Gasteiger partial charge in [0.1, 0.15) is 0 Å². The molecule has 0 fully saturated rings. The van der Waals surface area contributed by atoms with Gasteiger partial charge in [-0.05, 0) is 6.42 Å². The molecule has 0 aromatic carbocycles. The number of esters is 1. The van der Waals surface area contributed by atoms with E-state index in [2.05, 4.69) is 11.7 Å². The second-order valence-corrected chi connectivity index (χ2v) is 3.06. The lowest BCUT2D eigenvalue weighted by molar-refractivity contribution is -0.157. The van der Waals surface area contributed by atoms with Crippen LogP contribution in [0.15, 0.2) is 0 Å². The third kappa shape index (κ3) is 4.37. The van der Waals surface area contributed by atoms with Gasteiger partial charge >= 0.3 is 5.97 Å². The molecular weight excluding hydrogens is 184 g/mol. The summed E-state index contributed by atoms with van der Waals surface area (Å²) in [5.41, 5.74) is 0. The molecule has 0 N–H and O–H groups in total. The molecule has 0 aliphatic heterocycles. The largest absolute Gasteiger partial charge is 0.467 e. The summed E-state index contributed by atoms with van der Waals surface area (Å²) in [6.45, 7) is 2.05. The Morgan fingerprint density at radius 1 is 1.21 bits per heavy atom. The Morgan fingerprint density at radius 3 is 2.29 bits per heavy atom. The zero-order valence-electron chi connectivity index (χ0n) is 9.04. The van der Waals surface area contributed by atoms with Crippen molar-refractivity contribution in [3.8, 4) is 0 Å². The smallest absolute Gasteiger partial charge is 0.342 e. The summed E-state index contributed by atoms with van der Waals surface area (Å²) >= 11 is 0. The van der Waals surface area contributed by atoms with Gasteiger partial charge < -0.3 is 9.47 Å². The predicted molar refractivity (Wildman–Crippen MR) is 52.0 cm³/mol. The molecule has 0 saturated carbocycles. The Bertz CT molecular complexity index is 189. The van der Waals surface area contributed by atoms with E-state index in [-0.39, 0.29) is 5.78 Å². The van der Waals surface area contributed by atoms with Crippen molar-refractivity contribution >= 4 is 11.8 Å². The SMILES string of the molecule is CCCCCC(=O)C(OC)C(=O)OC. The van der Waals surface area contributed by atoms with E-state index in [1.807, 2.05) is 0 Å². The van der Waals surface area contributed by atoms with E-state index in [1.165, 1.54) is 14.2 Å². The van der Waals surface area contributed by atoms with Gasteiger partial charge in [0.25, 0.3) is 0 Å². The molecule has 0 amide bonds. The van der Waals surface area contributed by atoms with Gasteiger partial charge in [0.15, 0.2) is 5.78 Å². The molecule has 4 nitrogen and oxygen atoms in total. The van der Waals surface area contributed by atoms with Crippen LogP contribution in [0.2, 0.25) is 0 Å². The number of ketones is 1. The summed E-state index contributed by atoms with van der Waals surface area (Å²) in [6.07, 6.45) is 2.16. The van der Waals surface area contributed by atoms with Crippen LogP contribution in [0.1, 0.15) is 32.6 Å². The average molecular weight is 202 g/mol. The molecule has 0 radical (unpaired) electrons. The first-order valence-corrected chi connectivity index (χ1v) is 4.80. The first-order valence-electron chi connectivity index (χ1n) is 4.80. The maximum absolute atomic E-state index is 11.4. The van der Waals surface area contributed by atoms with Crippen molar-refractivity contribution in [3.05, 3.63) is 0 Å². The maximum atomic E-state index is 11.4. The van der Waals surface area contributed by atoms with Crippen LogP contribution in [0.25, 0.3) is 0 Å². The maximum Gasteiger partial charge on any atom is 0.342 e. The monoisotopic (exact) mass is 202 g/mol. The van der Waals surface area contributed by atoms with Crippen molar-refractivity contribution in [2.75, 3.05) is 14.2 Å². The minimum atomic E-state index is -1.04. The van der Waals surface area contributed by atoms with Gasteiger partial charge in [0.2, 0.25) is 6.10 Å². The standard InChI is InChI=1S/C10H18O4/c1-4-5-6-7-8(11)9(13-2)10(12)14-3/h9H,4-7H2,1-3H3. The van der Waals surface area contributed by atoms with Crippen molar-refractivity contribution in [2.24, 2.45) is 0 Å². The number of unbranched alkanes of at least 4 members (excludes halogenated alkanes) is 2. The van der Waals surface area contributed by atoms with Gasteiger partial charge in [-0.2, -0.15) is 0 Å². The summed E-state index contributed by atoms with van der Waals surface area (Å²) < 4.78 is 9.22. The quantitative estimate of drug-likeness (QED) is 0.355. The highest BCUT2D eigenvalue weighted by Gasteiger charge is 2.25. The molecule has 0 aliphatic carbocycles. The van der Waals surface area contributed by atoms with Crippen molar-refractivity contribution in [1.29, 1.82) is 0 Å². The number of carbonyl (C=O) groups is 2. The van der Waals surface area contributed by atoms with Gasteiger partial charge in [-0.15, -0.1) is 0 Å². The minimum absolute atomic E-state index is 0.201. The molecule has 0 heterocycles. The zero-order chi connectivity index (χ0) is 11.0. The lowest BCUT2D eigenvalue weighted by atomic mass is 10.1. The van der Waals surface area contributed by atoms with Crippen LogP contribution in [-0.2, 0) is 19.1 Å². The van der Waals surface area contributed by atoms with E-state index in [0.717, 1.165) is 19.3 Å². The molecule has 1 atom stereocenters. The number of carbonyl (C=O) groups excluding carboxylic acids is 2. The highest BCUT2D eigenvalue weighted by Crippen LogP contribution is 2.05. The Balaban J connectivity index is 3.98. The molecule has 0 bridgehead atoms. The fourth-order valence-electron chi connectivity index (χ4n) is 1.15. The molecule has 82 valence electrons. The van der Waals surface area contributed by atoms with Gasteiger partial charge in [-0.25, -0.2) is 4.79 Å². The number of hydrogen-bond acceptors (Lipinski definition) is 4. The van der Waals surface area contributed by atoms with E-state index in [4.69, 9.17) is 4.74 Å².